The quantitative estimate of drug-likeness (QED) is 0.690. The van der Waals surface area contributed by atoms with Crippen molar-refractivity contribution in [3.63, 3.8) is 0 Å². The maximum atomic E-state index is 4.99. The number of aromatic nitrogens is 2. The summed E-state index contributed by atoms with van der Waals surface area (Å²) in [7, 11) is 2.18. The van der Waals surface area contributed by atoms with Gasteiger partial charge in [0.2, 0.25) is 0 Å². The summed E-state index contributed by atoms with van der Waals surface area (Å²) in [6, 6.07) is 21.3. The van der Waals surface area contributed by atoms with Gasteiger partial charge in [0, 0.05) is 50.9 Å². The van der Waals surface area contributed by atoms with Gasteiger partial charge in [-0.1, -0.05) is 54.6 Å². The third kappa shape index (κ3) is 3.83. The molecule has 2 aliphatic rings. The van der Waals surface area contributed by atoms with Gasteiger partial charge in [-0.3, -0.25) is 0 Å². The monoisotopic (exact) mass is 385 g/mol. The van der Waals surface area contributed by atoms with E-state index in [1.807, 2.05) is 6.07 Å². The molecule has 1 saturated heterocycles. The summed E-state index contributed by atoms with van der Waals surface area (Å²) in [4.78, 5) is 17.1. The Morgan fingerprint density at radius 3 is 2.10 bits per heavy atom. The van der Waals surface area contributed by atoms with Crippen molar-refractivity contribution in [3.05, 3.63) is 71.8 Å². The first-order valence-electron chi connectivity index (χ1n) is 10.5. The Morgan fingerprint density at radius 2 is 1.34 bits per heavy atom. The molecule has 5 nitrogen and oxygen atoms in total. The number of fused-ring (bicyclic) bond motifs is 1. The molecule has 1 aromatic heterocycles. The number of anilines is 2. The molecule has 5 rings (SSSR count). The topological polar surface area (TPSA) is 35.5 Å². The molecule has 3 aromatic rings. The van der Waals surface area contributed by atoms with Crippen LogP contribution in [-0.4, -0.2) is 54.6 Å². The van der Waals surface area contributed by atoms with E-state index in [1.54, 1.807) is 0 Å². The van der Waals surface area contributed by atoms with Crippen molar-refractivity contribution >= 4 is 11.6 Å². The molecule has 3 heterocycles. The Kier molecular flexibility index (Phi) is 4.90. The fourth-order valence-electron chi connectivity index (χ4n) is 4.19. The maximum Gasteiger partial charge on any atom is 0.163 e. The Balaban J connectivity index is 1.51. The summed E-state index contributed by atoms with van der Waals surface area (Å²) < 4.78 is 0. The van der Waals surface area contributed by atoms with E-state index in [0.717, 1.165) is 68.7 Å². The summed E-state index contributed by atoms with van der Waals surface area (Å²) in [6.45, 7) is 6.04. The minimum absolute atomic E-state index is 0.816. The molecule has 2 aromatic carbocycles. The Labute approximate surface area is 172 Å². The zero-order valence-corrected chi connectivity index (χ0v) is 17.0. The van der Waals surface area contributed by atoms with Gasteiger partial charge in [0.1, 0.15) is 11.6 Å². The van der Waals surface area contributed by atoms with Crippen molar-refractivity contribution in [2.45, 2.75) is 13.0 Å². The number of hydrogen-bond donors (Lipinski definition) is 0. The summed E-state index contributed by atoms with van der Waals surface area (Å²) in [6.07, 6.45) is 1.06. The fraction of sp³-hybridized carbons (Fsp3) is 0.333. The normalized spacial score (nSPS) is 17.3. The van der Waals surface area contributed by atoms with Gasteiger partial charge < -0.3 is 14.7 Å². The minimum atomic E-state index is 0.816. The lowest BCUT2D eigenvalue weighted by Crippen LogP contribution is -2.45. The lowest BCUT2D eigenvalue weighted by Gasteiger charge is -2.34. The summed E-state index contributed by atoms with van der Waals surface area (Å²) >= 11 is 0. The van der Waals surface area contributed by atoms with Crippen LogP contribution in [0.25, 0.3) is 11.4 Å². The molecule has 0 aliphatic carbocycles. The highest BCUT2D eigenvalue weighted by Gasteiger charge is 2.22. The first kappa shape index (κ1) is 18.1. The van der Waals surface area contributed by atoms with Crippen LogP contribution >= 0.6 is 0 Å². The average Bonchev–Trinajstić information content (AvgIpc) is 2.79. The molecule has 0 unspecified atom stereocenters. The Morgan fingerprint density at radius 1 is 0.690 bits per heavy atom. The first-order valence-corrected chi connectivity index (χ1v) is 10.5. The highest BCUT2D eigenvalue weighted by Crippen LogP contribution is 2.28. The Bertz CT molecular complexity index is 980. The maximum absolute atomic E-state index is 4.99. The second kappa shape index (κ2) is 7.84. The molecule has 5 heteroatoms. The number of piperazine rings is 1. The van der Waals surface area contributed by atoms with Crippen molar-refractivity contribution in [1.82, 2.24) is 14.9 Å². The number of rotatable bonds is 3. The van der Waals surface area contributed by atoms with E-state index in [1.165, 1.54) is 11.1 Å². The average molecular weight is 386 g/mol. The van der Waals surface area contributed by atoms with Crippen molar-refractivity contribution in [3.8, 4) is 11.4 Å². The van der Waals surface area contributed by atoms with Crippen LogP contribution in [0.5, 0.6) is 0 Å². The van der Waals surface area contributed by atoms with E-state index in [4.69, 9.17) is 9.97 Å². The van der Waals surface area contributed by atoms with E-state index >= 15 is 0 Å². The van der Waals surface area contributed by atoms with Crippen LogP contribution in [0.3, 0.4) is 0 Å². The second-order valence-electron chi connectivity index (χ2n) is 8.00. The molecule has 1 fully saturated rings. The molecule has 148 valence electrons. The highest BCUT2D eigenvalue weighted by atomic mass is 15.3. The zero-order chi connectivity index (χ0) is 19.6. The smallest absolute Gasteiger partial charge is 0.163 e. The summed E-state index contributed by atoms with van der Waals surface area (Å²) in [5, 5.41) is 0. The van der Waals surface area contributed by atoms with E-state index in [0.29, 0.717) is 0 Å². The van der Waals surface area contributed by atoms with E-state index < -0.39 is 0 Å². The second-order valence-corrected chi connectivity index (χ2v) is 8.00. The van der Waals surface area contributed by atoms with Crippen LogP contribution in [0, 0.1) is 0 Å². The van der Waals surface area contributed by atoms with Crippen LogP contribution < -0.4 is 9.80 Å². The van der Waals surface area contributed by atoms with Crippen molar-refractivity contribution in [2.75, 3.05) is 49.6 Å². The SMILES string of the molecule is CN1CCN(c2cc(N3CCc4ccccc4C3)nc(-c3ccccc3)n2)CC1. The molecule has 0 spiro atoms. The summed E-state index contributed by atoms with van der Waals surface area (Å²) in [5.41, 5.74) is 3.93. The van der Waals surface area contributed by atoms with Gasteiger partial charge in [-0.15, -0.1) is 0 Å². The molecule has 0 amide bonds. The third-order valence-corrected chi connectivity index (χ3v) is 6.01. The number of hydrogen-bond acceptors (Lipinski definition) is 5. The van der Waals surface area contributed by atoms with Gasteiger partial charge in [0.05, 0.1) is 0 Å². The lowest BCUT2D eigenvalue weighted by atomic mass is 10.00. The van der Waals surface area contributed by atoms with Gasteiger partial charge in [0.15, 0.2) is 5.82 Å². The van der Waals surface area contributed by atoms with Gasteiger partial charge in [0.25, 0.3) is 0 Å². The van der Waals surface area contributed by atoms with Crippen LogP contribution in [0.2, 0.25) is 0 Å². The molecular weight excluding hydrogens is 358 g/mol. The molecule has 0 N–H and O–H groups in total. The first-order chi connectivity index (χ1) is 14.3. The molecule has 0 atom stereocenters. The van der Waals surface area contributed by atoms with Crippen molar-refractivity contribution < 1.29 is 0 Å². The van der Waals surface area contributed by atoms with E-state index in [9.17, 15) is 0 Å². The zero-order valence-electron chi connectivity index (χ0n) is 17.0. The lowest BCUT2D eigenvalue weighted by molar-refractivity contribution is 0.312. The van der Waals surface area contributed by atoms with E-state index in [-0.39, 0.29) is 0 Å². The van der Waals surface area contributed by atoms with Gasteiger partial charge in [-0.05, 0) is 24.6 Å². The van der Waals surface area contributed by atoms with Crippen LogP contribution in [0.15, 0.2) is 60.7 Å². The molecule has 29 heavy (non-hydrogen) atoms. The van der Waals surface area contributed by atoms with Crippen molar-refractivity contribution in [2.24, 2.45) is 0 Å². The van der Waals surface area contributed by atoms with E-state index in [2.05, 4.69) is 76.3 Å². The molecular formula is C24H27N5. The number of benzene rings is 2. The standard InChI is InChI=1S/C24H27N5/c1-27-13-15-28(16-14-27)22-17-23(26-24(25-22)20-8-3-2-4-9-20)29-12-11-19-7-5-6-10-21(19)18-29/h2-10,17H,11-16,18H2,1H3. The van der Waals surface area contributed by atoms with Gasteiger partial charge >= 0.3 is 0 Å². The largest absolute Gasteiger partial charge is 0.354 e. The predicted octanol–water partition coefficient (Wildman–Crippen LogP) is 3.46. The van der Waals surface area contributed by atoms with Crippen LogP contribution in [-0.2, 0) is 13.0 Å². The van der Waals surface area contributed by atoms with Gasteiger partial charge in [-0.25, -0.2) is 9.97 Å². The van der Waals surface area contributed by atoms with Crippen molar-refractivity contribution in [1.29, 1.82) is 0 Å². The third-order valence-electron chi connectivity index (χ3n) is 6.01. The van der Waals surface area contributed by atoms with Gasteiger partial charge in [-0.2, -0.15) is 0 Å². The minimum Gasteiger partial charge on any atom is -0.354 e. The highest BCUT2D eigenvalue weighted by molar-refractivity contribution is 5.63. The molecule has 0 saturated carbocycles. The fourth-order valence-corrected chi connectivity index (χ4v) is 4.19. The Hall–Kier alpha value is -2.92. The number of nitrogens with zero attached hydrogens (tertiary/aromatic N) is 5. The molecule has 0 bridgehead atoms. The summed E-state index contributed by atoms with van der Waals surface area (Å²) in [5.74, 6) is 2.89. The predicted molar refractivity (Wildman–Crippen MR) is 118 cm³/mol. The van der Waals surface area contributed by atoms with Crippen LogP contribution in [0.4, 0.5) is 11.6 Å². The molecule has 0 radical (unpaired) electrons. The van der Waals surface area contributed by atoms with Crippen LogP contribution in [0.1, 0.15) is 11.1 Å². The number of likely N-dealkylation sites (N-methyl/N-ethyl adjacent to an activating group) is 1. The molecule has 2 aliphatic heterocycles.